The van der Waals surface area contributed by atoms with Crippen molar-refractivity contribution >= 4 is 41.4 Å². The van der Waals surface area contributed by atoms with Crippen molar-refractivity contribution < 1.29 is 34.2 Å². The molecule has 0 aliphatic rings. The summed E-state index contributed by atoms with van der Waals surface area (Å²) in [6.45, 7) is 7.37. The Morgan fingerprint density at radius 3 is 1.73 bits per heavy atom. The molecule has 0 aromatic carbocycles. The van der Waals surface area contributed by atoms with E-state index in [2.05, 4.69) is 16.0 Å². The Morgan fingerprint density at radius 2 is 1.27 bits per heavy atom. The molecule has 4 unspecified atom stereocenters. The van der Waals surface area contributed by atoms with Crippen molar-refractivity contribution in [3.63, 3.8) is 0 Å². The summed E-state index contributed by atoms with van der Waals surface area (Å²) < 4.78 is 0. The maximum Gasteiger partial charge on any atom is 0.326 e. The number of nitrogens with one attached hydrogen (secondary N) is 3. The van der Waals surface area contributed by atoms with E-state index in [1.54, 1.807) is 13.8 Å². The summed E-state index contributed by atoms with van der Waals surface area (Å²) in [7, 11) is 0. The van der Waals surface area contributed by atoms with E-state index in [0.717, 1.165) is 0 Å². The first kappa shape index (κ1) is 30.7. The number of carbonyl (C=O) groups is 5. The van der Waals surface area contributed by atoms with Gasteiger partial charge in [0.1, 0.15) is 18.1 Å². The van der Waals surface area contributed by atoms with Gasteiger partial charge in [0, 0.05) is 0 Å². The van der Waals surface area contributed by atoms with Crippen LogP contribution in [0.25, 0.3) is 0 Å². The Balaban J connectivity index is 5.47. The molecule has 7 N–H and O–H groups in total. The molecule has 0 aliphatic carbocycles. The average Bonchev–Trinajstić information content (AvgIpc) is 2.68. The molecule has 0 radical (unpaired) electrons. The number of carbonyl (C=O) groups excluding carboxylic acids is 3. The van der Waals surface area contributed by atoms with Crippen LogP contribution in [0, 0.1) is 11.8 Å². The molecule has 0 aromatic heterocycles. The average molecular weight is 491 g/mol. The molecule has 12 heteroatoms. The fourth-order valence-corrected chi connectivity index (χ4v) is 3.49. The van der Waals surface area contributed by atoms with Gasteiger partial charge in [-0.3, -0.25) is 19.2 Å². The zero-order valence-electron chi connectivity index (χ0n) is 19.9. The van der Waals surface area contributed by atoms with E-state index in [4.69, 9.17) is 5.73 Å². The molecule has 0 rings (SSSR count). The van der Waals surface area contributed by atoms with Crippen molar-refractivity contribution in [2.45, 2.75) is 77.5 Å². The summed E-state index contributed by atoms with van der Waals surface area (Å²) in [6, 6.07) is -4.59. The van der Waals surface area contributed by atoms with E-state index < -0.39 is 60.2 Å². The van der Waals surface area contributed by atoms with Crippen LogP contribution >= 0.6 is 11.8 Å². The Labute approximate surface area is 199 Å². The monoisotopic (exact) mass is 490 g/mol. The van der Waals surface area contributed by atoms with Gasteiger partial charge in [-0.05, 0) is 43.1 Å². The predicted molar refractivity (Wildman–Crippen MR) is 126 cm³/mol. The lowest BCUT2D eigenvalue weighted by Gasteiger charge is -2.25. The van der Waals surface area contributed by atoms with Gasteiger partial charge in [-0.25, -0.2) is 4.79 Å². The molecule has 33 heavy (non-hydrogen) atoms. The molecular weight excluding hydrogens is 452 g/mol. The van der Waals surface area contributed by atoms with Crippen molar-refractivity contribution in [1.82, 2.24) is 16.0 Å². The first-order chi connectivity index (χ1) is 15.3. The van der Waals surface area contributed by atoms with E-state index >= 15 is 0 Å². The molecule has 0 heterocycles. The van der Waals surface area contributed by atoms with Gasteiger partial charge in [0.15, 0.2) is 0 Å². The molecule has 0 saturated heterocycles. The Morgan fingerprint density at radius 1 is 0.788 bits per heavy atom. The van der Waals surface area contributed by atoms with Gasteiger partial charge in [0.2, 0.25) is 17.7 Å². The molecule has 11 nitrogen and oxygen atoms in total. The number of thioether (sulfide) groups is 1. The molecule has 3 amide bonds. The van der Waals surface area contributed by atoms with E-state index in [1.807, 2.05) is 20.1 Å². The minimum atomic E-state index is -1.51. The van der Waals surface area contributed by atoms with Crippen LogP contribution in [0.3, 0.4) is 0 Å². The molecule has 190 valence electrons. The zero-order valence-corrected chi connectivity index (χ0v) is 20.7. The highest BCUT2D eigenvalue weighted by atomic mass is 32.2. The number of carboxylic acid groups (broad SMARTS) is 2. The third kappa shape index (κ3) is 13.1. The lowest BCUT2D eigenvalue weighted by atomic mass is 10.0. The maximum absolute atomic E-state index is 12.9. The number of rotatable bonds is 16. The summed E-state index contributed by atoms with van der Waals surface area (Å²) in [5, 5.41) is 25.7. The van der Waals surface area contributed by atoms with Crippen LogP contribution in [0.5, 0.6) is 0 Å². The smallest absolute Gasteiger partial charge is 0.326 e. The Hall–Kier alpha value is -2.34. The second-order valence-electron chi connectivity index (χ2n) is 8.77. The number of hydrogen-bond donors (Lipinski definition) is 6. The van der Waals surface area contributed by atoms with Crippen LogP contribution in [0.2, 0.25) is 0 Å². The van der Waals surface area contributed by atoms with Crippen molar-refractivity contribution in [2.24, 2.45) is 17.6 Å². The van der Waals surface area contributed by atoms with Crippen LogP contribution in [-0.2, 0) is 24.0 Å². The third-order valence-electron chi connectivity index (χ3n) is 4.64. The van der Waals surface area contributed by atoms with E-state index in [-0.39, 0.29) is 24.7 Å². The van der Waals surface area contributed by atoms with Crippen LogP contribution in [0.4, 0.5) is 0 Å². The lowest BCUT2D eigenvalue weighted by molar-refractivity contribution is -0.144. The van der Waals surface area contributed by atoms with Crippen molar-refractivity contribution in [1.29, 1.82) is 0 Å². The second kappa shape index (κ2) is 15.5. The fraction of sp³-hybridized carbons (Fsp3) is 0.762. The standard InChI is InChI=1S/C21H38N4O7S/c1-11(2)8-13(22)18(28)23-14(6-7-33-5)19(29)24-15(10-17(26)27)20(30)25-16(21(31)32)9-12(3)4/h11-16H,6-10,22H2,1-5H3,(H,23,28)(H,24,29)(H,25,30)(H,26,27)(H,31,32). The first-order valence-corrected chi connectivity index (χ1v) is 12.3. The summed E-state index contributed by atoms with van der Waals surface area (Å²) in [5.74, 6) is -4.16. The van der Waals surface area contributed by atoms with Crippen molar-refractivity contribution in [2.75, 3.05) is 12.0 Å². The summed E-state index contributed by atoms with van der Waals surface area (Å²) in [5.41, 5.74) is 5.89. The summed E-state index contributed by atoms with van der Waals surface area (Å²) >= 11 is 1.45. The third-order valence-corrected chi connectivity index (χ3v) is 5.28. The molecule has 0 aliphatic heterocycles. The van der Waals surface area contributed by atoms with Crippen molar-refractivity contribution in [3.05, 3.63) is 0 Å². The van der Waals surface area contributed by atoms with Crippen molar-refractivity contribution in [3.8, 4) is 0 Å². The van der Waals surface area contributed by atoms with Gasteiger partial charge in [0.25, 0.3) is 0 Å². The quantitative estimate of drug-likeness (QED) is 0.175. The lowest BCUT2D eigenvalue weighted by Crippen LogP contribution is -2.57. The van der Waals surface area contributed by atoms with Crippen LogP contribution in [0.1, 0.15) is 53.4 Å². The highest BCUT2D eigenvalue weighted by Crippen LogP contribution is 2.08. The van der Waals surface area contributed by atoms with Crippen LogP contribution in [0.15, 0.2) is 0 Å². The number of nitrogens with two attached hydrogens (primary N) is 1. The summed E-state index contributed by atoms with van der Waals surface area (Å²) in [4.78, 5) is 60.6. The molecule has 0 fully saturated rings. The molecule has 0 saturated carbocycles. The number of carboxylic acids is 2. The largest absolute Gasteiger partial charge is 0.481 e. The molecular formula is C21H38N4O7S. The summed E-state index contributed by atoms with van der Waals surface area (Å²) in [6.07, 6.45) is 1.86. The fourth-order valence-electron chi connectivity index (χ4n) is 3.02. The van der Waals surface area contributed by atoms with E-state index in [1.165, 1.54) is 11.8 Å². The molecule has 4 atom stereocenters. The molecule has 0 bridgehead atoms. The highest BCUT2D eigenvalue weighted by molar-refractivity contribution is 7.98. The maximum atomic E-state index is 12.9. The van der Waals surface area contributed by atoms with Gasteiger partial charge < -0.3 is 31.9 Å². The van der Waals surface area contributed by atoms with Gasteiger partial charge in [-0.1, -0.05) is 27.7 Å². The van der Waals surface area contributed by atoms with E-state index in [9.17, 15) is 34.2 Å². The van der Waals surface area contributed by atoms with Crippen LogP contribution in [-0.4, -0.2) is 76.0 Å². The van der Waals surface area contributed by atoms with Gasteiger partial charge in [-0.15, -0.1) is 0 Å². The zero-order chi connectivity index (χ0) is 25.7. The van der Waals surface area contributed by atoms with Gasteiger partial charge in [-0.2, -0.15) is 11.8 Å². The minimum Gasteiger partial charge on any atom is -0.481 e. The van der Waals surface area contributed by atoms with Crippen LogP contribution < -0.4 is 21.7 Å². The minimum absolute atomic E-state index is 0.0416. The number of hydrogen-bond acceptors (Lipinski definition) is 7. The SMILES string of the molecule is CSCCC(NC(=O)C(N)CC(C)C)C(=O)NC(CC(=O)O)C(=O)NC(CC(C)C)C(=O)O. The number of aliphatic carboxylic acids is 2. The first-order valence-electron chi connectivity index (χ1n) is 10.9. The topological polar surface area (TPSA) is 188 Å². The highest BCUT2D eigenvalue weighted by Gasteiger charge is 2.31. The van der Waals surface area contributed by atoms with Gasteiger partial charge in [0.05, 0.1) is 12.5 Å². The number of amides is 3. The normalized spacial score (nSPS) is 14.8. The molecule has 0 aromatic rings. The Kier molecular flexibility index (Phi) is 14.4. The Bertz CT molecular complexity index is 688. The predicted octanol–water partition coefficient (Wildman–Crippen LogP) is 0.173. The molecule has 0 spiro atoms. The van der Waals surface area contributed by atoms with E-state index in [0.29, 0.717) is 12.2 Å². The second-order valence-corrected chi connectivity index (χ2v) is 9.75. The van der Waals surface area contributed by atoms with Gasteiger partial charge >= 0.3 is 11.9 Å².